The van der Waals surface area contributed by atoms with Crippen LogP contribution in [0.25, 0.3) is 6.08 Å². The predicted molar refractivity (Wildman–Crippen MR) is 81.5 cm³/mol. The highest BCUT2D eigenvalue weighted by atomic mass is 79.9. The van der Waals surface area contributed by atoms with Crippen LogP contribution in [0.1, 0.15) is 18.4 Å². The lowest BCUT2D eigenvalue weighted by Gasteiger charge is -2.29. The van der Waals surface area contributed by atoms with E-state index in [9.17, 15) is 9.90 Å². The Balaban J connectivity index is 2.08. The quantitative estimate of drug-likeness (QED) is 0.860. The van der Waals surface area contributed by atoms with Crippen molar-refractivity contribution in [3.63, 3.8) is 0 Å². The van der Waals surface area contributed by atoms with E-state index in [1.54, 1.807) is 18.1 Å². The van der Waals surface area contributed by atoms with E-state index in [1.807, 2.05) is 18.2 Å². The summed E-state index contributed by atoms with van der Waals surface area (Å²) >= 11 is 3.40. The molecule has 2 rings (SSSR count). The van der Waals surface area contributed by atoms with E-state index < -0.39 is 6.10 Å². The minimum atomic E-state index is -0.401. The molecule has 108 valence electrons. The van der Waals surface area contributed by atoms with Gasteiger partial charge in [0.1, 0.15) is 5.75 Å². The maximum absolute atomic E-state index is 12.1. The lowest BCUT2D eigenvalue weighted by atomic mass is 10.1. The second-order valence-electron chi connectivity index (χ2n) is 4.80. The first-order valence-electron chi connectivity index (χ1n) is 6.58. The van der Waals surface area contributed by atoms with Crippen molar-refractivity contribution in [1.82, 2.24) is 4.90 Å². The van der Waals surface area contributed by atoms with Gasteiger partial charge in [-0.25, -0.2) is 0 Å². The summed E-state index contributed by atoms with van der Waals surface area (Å²) in [5.41, 5.74) is 0.841. The van der Waals surface area contributed by atoms with E-state index in [4.69, 9.17) is 4.74 Å². The van der Waals surface area contributed by atoms with Gasteiger partial charge < -0.3 is 14.7 Å². The van der Waals surface area contributed by atoms with E-state index in [0.29, 0.717) is 13.1 Å². The molecule has 1 amide bonds. The van der Waals surface area contributed by atoms with Gasteiger partial charge in [0, 0.05) is 29.2 Å². The second-order valence-corrected chi connectivity index (χ2v) is 5.72. The Morgan fingerprint density at radius 2 is 2.35 bits per heavy atom. The molecule has 1 aromatic rings. The number of amides is 1. The van der Waals surface area contributed by atoms with Gasteiger partial charge in [0.05, 0.1) is 13.2 Å². The summed E-state index contributed by atoms with van der Waals surface area (Å²) in [7, 11) is 1.60. The van der Waals surface area contributed by atoms with Crippen LogP contribution in [0.15, 0.2) is 28.7 Å². The zero-order valence-electron chi connectivity index (χ0n) is 11.4. The maximum atomic E-state index is 12.1. The van der Waals surface area contributed by atoms with Crippen LogP contribution in [0.4, 0.5) is 0 Å². The predicted octanol–water partition coefficient (Wildman–Crippen LogP) is 2.45. The zero-order chi connectivity index (χ0) is 14.5. The Hall–Kier alpha value is -1.33. The van der Waals surface area contributed by atoms with Crippen molar-refractivity contribution in [3.05, 3.63) is 34.3 Å². The van der Waals surface area contributed by atoms with Crippen molar-refractivity contribution in [2.24, 2.45) is 0 Å². The summed E-state index contributed by atoms with van der Waals surface area (Å²) in [5.74, 6) is 0.640. The standard InChI is InChI=1S/C15H18BrNO3/c1-20-14-6-5-12(16)9-11(14)4-7-15(19)17-8-2-3-13(18)10-17/h4-7,9,13,18H,2-3,8,10H2,1H3/b7-4+/t13-/m1/s1. The number of methoxy groups -OCH3 is 1. The number of likely N-dealkylation sites (tertiary alicyclic amines) is 1. The first kappa shape index (κ1) is 15.1. The van der Waals surface area contributed by atoms with E-state index in [2.05, 4.69) is 15.9 Å². The highest BCUT2D eigenvalue weighted by molar-refractivity contribution is 9.10. The third-order valence-corrected chi connectivity index (χ3v) is 3.80. The Kier molecular flexibility index (Phi) is 5.20. The molecular formula is C15H18BrNO3. The Bertz CT molecular complexity index is 516. The van der Waals surface area contributed by atoms with Crippen LogP contribution in [-0.2, 0) is 4.79 Å². The average molecular weight is 340 g/mol. The van der Waals surface area contributed by atoms with E-state index in [1.165, 1.54) is 6.08 Å². The number of nitrogens with zero attached hydrogens (tertiary/aromatic N) is 1. The first-order chi connectivity index (χ1) is 9.60. The van der Waals surface area contributed by atoms with E-state index >= 15 is 0 Å². The number of hydrogen-bond donors (Lipinski definition) is 1. The largest absolute Gasteiger partial charge is 0.496 e. The van der Waals surface area contributed by atoms with Gasteiger partial charge in [0.15, 0.2) is 0 Å². The highest BCUT2D eigenvalue weighted by Gasteiger charge is 2.20. The van der Waals surface area contributed by atoms with Gasteiger partial charge in [-0.1, -0.05) is 15.9 Å². The number of benzene rings is 1. The summed E-state index contributed by atoms with van der Waals surface area (Å²) in [6.45, 7) is 1.12. The van der Waals surface area contributed by atoms with Crippen LogP contribution in [-0.4, -0.2) is 42.2 Å². The van der Waals surface area contributed by atoms with Crippen molar-refractivity contribution < 1.29 is 14.6 Å². The Morgan fingerprint density at radius 3 is 3.05 bits per heavy atom. The molecule has 1 aromatic carbocycles. The number of aliphatic hydroxyl groups excluding tert-OH is 1. The number of halogens is 1. The molecule has 20 heavy (non-hydrogen) atoms. The molecule has 0 radical (unpaired) electrons. The Morgan fingerprint density at radius 1 is 1.55 bits per heavy atom. The van der Waals surface area contributed by atoms with Gasteiger partial charge >= 0.3 is 0 Å². The molecule has 0 spiro atoms. The van der Waals surface area contributed by atoms with Gasteiger partial charge in [-0.05, 0) is 37.1 Å². The number of carbonyl (C=O) groups is 1. The molecular weight excluding hydrogens is 322 g/mol. The molecule has 0 aliphatic carbocycles. The molecule has 1 fully saturated rings. The van der Waals surface area contributed by atoms with Crippen LogP contribution in [0.2, 0.25) is 0 Å². The van der Waals surface area contributed by atoms with Crippen LogP contribution >= 0.6 is 15.9 Å². The number of piperidine rings is 1. The lowest BCUT2D eigenvalue weighted by Crippen LogP contribution is -2.41. The number of β-amino-alcohol motifs (C(OH)–C–C–N with tert-alkyl or cyclic N) is 1. The first-order valence-corrected chi connectivity index (χ1v) is 7.38. The average Bonchev–Trinajstić information content (AvgIpc) is 2.45. The third-order valence-electron chi connectivity index (χ3n) is 3.31. The topological polar surface area (TPSA) is 49.8 Å². The molecule has 1 saturated heterocycles. The number of rotatable bonds is 3. The van der Waals surface area contributed by atoms with Crippen molar-refractivity contribution in [3.8, 4) is 5.75 Å². The summed E-state index contributed by atoms with van der Waals surface area (Å²) in [4.78, 5) is 13.8. The molecule has 1 aliphatic heterocycles. The van der Waals surface area contributed by atoms with E-state index in [0.717, 1.165) is 28.6 Å². The number of aliphatic hydroxyl groups is 1. The van der Waals surface area contributed by atoms with Crippen molar-refractivity contribution in [2.45, 2.75) is 18.9 Å². The maximum Gasteiger partial charge on any atom is 0.246 e. The molecule has 1 heterocycles. The van der Waals surface area contributed by atoms with Gasteiger partial charge in [-0.3, -0.25) is 4.79 Å². The van der Waals surface area contributed by atoms with Crippen molar-refractivity contribution in [2.75, 3.05) is 20.2 Å². The fourth-order valence-electron chi connectivity index (χ4n) is 2.26. The lowest BCUT2D eigenvalue weighted by molar-refractivity contribution is -0.128. The minimum absolute atomic E-state index is 0.0780. The zero-order valence-corrected chi connectivity index (χ0v) is 13.0. The SMILES string of the molecule is COc1ccc(Br)cc1/C=C/C(=O)N1CCC[C@@H](O)C1. The minimum Gasteiger partial charge on any atom is -0.496 e. The summed E-state index contributed by atoms with van der Waals surface area (Å²) < 4.78 is 6.19. The van der Waals surface area contributed by atoms with Crippen LogP contribution in [0.3, 0.4) is 0 Å². The Labute approximate surface area is 127 Å². The van der Waals surface area contributed by atoms with Gasteiger partial charge in [-0.15, -0.1) is 0 Å². The fraction of sp³-hybridized carbons (Fsp3) is 0.400. The molecule has 0 unspecified atom stereocenters. The molecule has 4 nitrogen and oxygen atoms in total. The van der Waals surface area contributed by atoms with Gasteiger partial charge in [0.2, 0.25) is 5.91 Å². The number of ether oxygens (including phenoxy) is 1. The van der Waals surface area contributed by atoms with Crippen LogP contribution < -0.4 is 4.74 Å². The summed E-state index contributed by atoms with van der Waals surface area (Å²) in [5, 5.41) is 9.59. The molecule has 1 atom stereocenters. The number of hydrogen-bond acceptors (Lipinski definition) is 3. The highest BCUT2D eigenvalue weighted by Crippen LogP contribution is 2.24. The van der Waals surface area contributed by atoms with Gasteiger partial charge in [-0.2, -0.15) is 0 Å². The van der Waals surface area contributed by atoms with Crippen LogP contribution in [0.5, 0.6) is 5.75 Å². The summed E-state index contributed by atoms with van der Waals surface area (Å²) in [6.07, 6.45) is 4.49. The molecule has 5 heteroatoms. The third kappa shape index (κ3) is 3.84. The van der Waals surface area contributed by atoms with Crippen molar-refractivity contribution in [1.29, 1.82) is 0 Å². The molecule has 0 saturated carbocycles. The molecule has 1 aliphatic rings. The summed E-state index contributed by atoms with van der Waals surface area (Å²) in [6, 6.07) is 5.63. The van der Waals surface area contributed by atoms with Crippen LogP contribution in [0, 0.1) is 0 Å². The van der Waals surface area contributed by atoms with Gasteiger partial charge in [0.25, 0.3) is 0 Å². The molecule has 1 N–H and O–H groups in total. The smallest absolute Gasteiger partial charge is 0.246 e. The number of carbonyl (C=O) groups excluding carboxylic acids is 1. The molecule has 0 aromatic heterocycles. The second kappa shape index (κ2) is 6.90. The van der Waals surface area contributed by atoms with Crippen molar-refractivity contribution >= 4 is 27.9 Å². The normalized spacial score (nSPS) is 19.4. The monoisotopic (exact) mass is 339 g/mol. The fourth-order valence-corrected chi connectivity index (χ4v) is 2.64. The van der Waals surface area contributed by atoms with E-state index in [-0.39, 0.29) is 5.91 Å². The molecule has 0 bridgehead atoms.